The Hall–Kier alpha value is -1.85. The molecule has 1 aliphatic rings. The first-order chi connectivity index (χ1) is 14.8. The molecule has 32 heavy (non-hydrogen) atoms. The van der Waals surface area contributed by atoms with Gasteiger partial charge in [0.25, 0.3) is 0 Å². The molecule has 1 aromatic heterocycles. The van der Waals surface area contributed by atoms with E-state index >= 15 is 0 Å². The second-order valence-corrected chi connectivity index (χ2v) is 11.4. The molecule has 1 aromatic rings. The fourth-order valence-corrected chi connectivity index (χ4v) is 4.39. The van der Waals surface area contributed by atoms with Crippen molar-refractivity contribution in [2.24, 2.45) is 10.8 Å². The summed E-state index contributed by atoms with van der Waals surface area (Å²) in [6.07, 6.45) is 0.383. The van der Waals surface area contributed by atoms with E-state index in [4.69, 9.17) is 23.0 Å². The van der Waals surface area contributed by atoms with Gasteiger partial charge in [0, 0.05) is 18.2 Å². The molecule has 0 aliphatic carbocycles. The molecule has 0 radical (unpaired) electrons. The van der Waals surface area contributed by atoms with Gasteiger partial charge < -0.3 is 14.8 Å². The van der Waals surface area contributed by atoms with Crippen molar-refractivity contribution >= 4 is 37.0 Å². The first-order valence-electron chi connectivity index (χ1n) is 9.88. The largest absolute Gasteiger partial charge is 0.478 e. The van der Waals surface area contributed by atoms with Gasteiger partial charge in [-0.3, -0.25) is 28.4 Å². The Morgan fingerprint density at radius 2 is 2.03 bits per heavy atom. The van der Waals surface area contributed by atoms with E-state index in [9.17, 15) is 18.9 Å². The molecular weight excluding hydrogens is 463 g/mol. The molecule has 2 rings (SSSR count). The van der Waals surface area contributed by atoms with Crippen LogP contribution in [0.3, 0.4) is 0 Å². The number of nitrogens with one attached hydrogen (secondary N) is 1. The van der Waals surface area contributed by atoms with E-state index in [-0.39, 0.29) is 26.2 Å². The Bertz CT molecular complexity index is 851. The topological polar surface area (TPSA) is 139 Å². The van der Waals surface area contributed by atoms with Crippen molar-refractivity contribution in [2.75, 3.05) is 19.9 Å². The van der Waals surface area contributed by atoms with Crippen LogP contribution in [0.15, 0.2) is 11.7 Å². The van der Waals surface area contributed by atoms with Crippen LogP contribution >= 0.6 is 19.2 Å². The van der Waals surface area contributed by atoms with Gasteiger partial charge in [0.1, 0.15) is 6.61 Å². The van der Waals surface area contributed by atoms with Crippen LogP contribution < -0.4 is 5.32 Å². The lowest BCUT2D eigenvalue weighted by Gasteiger charge is -2.39. The molecule has 0 saturated carbocycles. The minimum atomic E-state index is -4.14. The summed E-state index contributed by atoms with van der Waals surface area (Å²) in [5.41, 5.74) is 0.0461. The number of carbonyl (C=O) groups is 3. The number of carbonyl (C=O) groups excluding carboxylic acids is 3. The number of amides is 1. The third-order valence-corrected chi connectivity index (χ3v) is 6.37. The fraction of sp³-hybridized carbons (Fsp3) is 0.684. The average Bonchev–Trinajstić information content (AvgIpc) is 3.21. The Morgan fingerprint density at radius 1 is 1.31 bits per heavy atom. The number of ether oxygens (including phenoxy) is 2. The SMILES string of the molecule is CC(C)(C)C(=O)OCOP1(=O)OCC(C)(C)[C@H](C(=O)NCCC(=O)OCc2cncs2)O1. The highest BCUT2D eigenvalue weighted by atomic mass is 32.1. The second kappa shape index (κ2) is 10.8. The molecule has 0 bridgehead atoms. The molecule has 1 saturated heterocycles. The summed E-state index contributed by atoms with van der Waals surface area (Å²) < 4.78 is 38.3. The number of phosphoric acid groups is 1. The first-order valence-corrected chi connectivity index (χ1v) is 12.2. The van der Waals surface area contributed by atoms with Crippen molar-refractivity contribution in [3.63, 3.8) is 0 Å². The summed E-state index contributed by atoms with van der Waals surface area (Å²) in [6, 6.07) is 0. The molecular formula is C19H29N2O9PS. The predicted octanol–water partition coefficient (Wildman–Crippen LogP) is 2.81. The molecule has 1 aliphatic heterocycles. The minimum absolute atomic E-state index is 0.00546. The molecule has 1 unspecified atom stereocenters. The van der Waals surface area contributed by atoms with E-state index in [1.54, 1.807) is 46.3 Å². The number of nitrogens with zero attached hydrogens (tertiary/aromatic N) is 1. The van der Waals surface area contributed by atoms with Crippen molar-refractivity contribution in [2.45, 2.75) is 53.8 Å². The second-order valence-electron chi connectivity index (χ2n) is 8.79. The zero-order valence-electron chi connectivity index (χ0n) is 18.7. The summed E-state index contributed by atoms with van der Waals surface area (Å²) in [7, 11) is -4.14. The van der Waals surface area contributed by atoms with Gasteiger partial charge in [-0.25, -0.2) is 9.09 Å². The van der Waals surface area contributed by atoms with Gasteiger partial charge in [-0.05, 0) is 20.8 Å². The summed E-state index contributed by atoms with van der Waals surface area (Å²) in [6.45, 7) is 7.75. The van der Waals surface area contributed by atoms with Crippen molar-refractivity contribution in [3.8, 4) is 0 Å². The number of phosphoric ester groups is 1. The van der Waals surface area contributed by atoms with E-state index in [1.807, 2.05) is 0 Å². The number of aromatic nitrogens is 1. The molecule has 2 heterocycles. The highest BCUT2D eigenvalue weighted by Gasteiger charge is 2.49. The van der Waals surface area contributed by atoms with Crippen LogP contribution in [-0.4, -0.2) is 48.9 Å². The van der Waals surface area contributed by atoms with E-state index in [1.165, 1.54) is 11.3 Å². The molecule has 2 atom stereocenters. The lowest BCUT2D eigenvalue weighted by molar-refractivity contribution is -0.163. The lowest BCUT2D eigenvalue weighted by Crippen LogP contribution is -2.50. The monoisotopic (exact) mass is 492 g/mol. The Morgan fingerprint density at radius 3 is 2.66 bits per heavy atom. The molecule has 1 amide bonds. The smallest absolute Gasteiger partial charge is 0.460 e. The molecule has 1 fully saturated rings. The van der Waals surface area contributed by atoms with E-state index in [2.05, 4.69) is 10.3 Å². The van der Waals surface area contributed by atoms with Crippen molar-refractivity contribution in [1.82, 2.24) is 10.3 Å². The Kier molecular flexibility index (Phi) is 8.95. The third kappa shape index (κ3) is 7.93. The molecule has 0 spiro atoms. The quantitative estimate of drug-likeness (QED) is 0.311. The van der Waals surface area contributed by atoms with Gasteiger partial charge in [-0.15, -0.1) is 11.3 Å². The maximum Gasteiger partial charge on any atom is 0.478 e. The molecule has 1 N–H and O–H groups in total. The molecule has 180 valence electrons. The number of thiazole rings is 1. The van der Waals surface area contributed by atoms with Crippen LogP contribution in [0.2, 0.25) is 0 Å². The highest BCUT2D eigenvalue weighted by Crippen LogP contribution is 2.57. The summed E-state index contributed by atoms with van der Waals surface area (Å²) >= 11 is 1.37. The standard InChI is InChI=1S/C19H29N2O9PS/c1-18(2,3)17(24)27-12-29-31(25)28-10-19(4,5)15(30-31)16(23)21-7-6-14(22)26-9-13-8-20-11-32-13/h8,11,15H,6-7,9-10,12H2,1-5H3,(H,21,23)/t15-,31?/m0/s1. The van der Waals surface area contributed by atoms with Crippen LogP contribution in [0.5, 0.6) is 0 Å². The van der Waals surface area contributed by atoms with Crippen molar-refractivity contribution in [3.05, 3.63) is 16.6 Å². The van der Waals surface area contributed by atoms with Crippen LogP contribution in [0.25, 0.3) is 0 Å². The number of hydrogen-bond donors (Lipinski definition) is 1. The summed E-state index contributed by atoms with van der Waals surface area (Å²) in [5, 5.41) is 2.57. The normalized spacial score (nSPS) is 22.7. The number of hydrogen-bond acceptors (Lipinski definition) is 11. The molecule has 13 heteroatoms. The third-order valence-electron chi connectivity index (χ3n) is 4.28. The molecule has 11 nitrogen and oxygen atoms in total. The Labute approximate surface area is 190 Å². The van der Waals surface area contributed by atoms with Gasteiger partial charge in [-0.1, -0.05) is 13.8 Å². The summed E-state index contributed by atoms with van der Waals surface area (Å²) in [5.74, 6) is -1.62. The summed E-state index contributed by atoms with van der Waals surface area (Å²) in [4.78, 5) is 40.9. The number of rotatable bonds is 9. The van der Waals surface area contributed by atoms with Gasteiger partial charge >= 0.3 is 19.8 Å². The lowest BCUT2D eigenvalue weighted by atomic mass is 9.87. The van der Waals surface area contributed by atoms with Crippen LogP contribution in [0.1, 0.15) is 45.9 Å². The van der Waals surface area contributed by atoms with Gasteiger partial charge in [-0.2, -0.15) is 0 Å². The minimum Gasteiger partial charge on any atom is -0.460 e. The average molecular weight is 492 g/mol. The van der Waals surface area contributed by atoms with Crippen LogP contribution in [0, 0.1) is 10.8 Å². The van der Waals surface area contributed by atoms with E-state index in [0.29, 0.717) is 0 Å². The van der Waals surface area contributed by atoms with Crippen LogP contribution in [0.4, 0.5) is 0 Å². The van der Waals surface area contributed by atoms with Crippen LogP contribution in [-0.2, 0) is 48.6 Å². The predicted molar refractivity (Wildman–Crippen MR) is 113 cm³/mol. The van der Waals surface area contributed by atoms with Crippen molar-refractivity contribution < 1.29 is 42.0 Å². The maximum absolute atomic E-state index is 12.7. The Balaban J connectivity index is 1.82. The highest BCUT2D eigenvalue weighted by molar-refractivity contribution is 7.48. The zero-order chi connectivity index (χ0) is 24.0. The van der Waals surface area contributed by atoms with Gasteiger partial charge in [0.15, 0.2) is 6.10 Å². The fourth-order valence-electron chi connectivity index (χ4n) is 2.37. The zero-order valence-corrected chi connectivity index (χ0v) is 20.5. The van der Waals surface area contributed by atoms with Gasteiger partial charge in [0.05, 0.1) is 28.8 Å². The maximum atomic E-state index is 12.7. The van der Waals surface area contributed by atoms with E-state index in [0.717, 1.165) is 4.88 Å². The van der Waals surface area contributed by atoms with E-state index < -0.39 is 49.4 Å². The van der Waals surface area contributed by atoms with Crippen molar-refractivity contribution in [1.29, 1.82) is 0 Å². The van der Waals surface area contributed by atoms with Gasteiger partial charge in [0.2, 0.25) is 12.7 Å². The number of esters is 2. The first kappa shape index (κ1) is 26.4. The molecule has 0 aromatic carbocycles.